The molecule has 0 saturated heterocycles. The molecule has 0 saturated carbocycles. The van der Waals surface area contributed by atoms with Crippen LogP contribution in [0.15, 0.2) is 4.79 Å². The zero-order valence-corrected chi connectivity index (χ0v) is 4.06. The highest BCUT2D eigenvalue weighted by Gasteiger charge is 1.93. The van der Waals surface area contributed by atoms with Gasteiger partial charge in [-0.05, 0) is 0 Å². The highest BCUT2D eigenvalue weighted by atomic mass is 16.1. The fourth-order valence-corrected chi connectivity index (χ4v) is 0.411. The van der Waals surface area contributed by atoms with Crippen LogP contribution >= 0.6 is 0 Å². The Morgan fingerprint density at radius 3 is 1.62 bits per heavy atom. The van der Waals surface area contributed by atoms with E-state index in [9.17, 15) is 4.79 Å². The number of imidazole rings is 1. The van der Waals surface area contributed by atoms with E-state index in [1.807, 2.05) is 0 Å². The quantitative estimate of drug-likeness (QED) is 0.343. The summed E-state index contributed by atoms with van der Waals surface area (Å²) in [4.78, 5) is 14.7. The Hall–Kier alpha value is -1.39. The molecular weight excluding hydrogens is 108 g/mol. The zero-order chi connectivity index (χ0) is 6.15. The first-order valence-electron chi connectivity index (χ1n) is 2.03. The Labute approximate surface area is 44.7 Å². The van der Waals surface area contributed by atoms with Crippen LogP contribution in [0.1, 0.15) is 0 Å². The number of nitrogen functional groups attached to an aromatic ring is 2. The number of aromatic nitrogens is 2. The smallest absolute Gasteiger partial charge is 0.326 e. The number of anilines is 2. The maximum absolute atomic E-state index is 10.2. The summed E-state index contributed by atoms with van der Waals surface area (Å²) in [5.41, 5.74) is 9.88. The first kappa shape index (κ1) is 4.76. The predicted octanol–water partition coefficient (Wildman–Crippen LogP) is -1.13. The summed E-state index contributed by atoms with van der Waals surface area (Å²) >= 11 is 0. The van der Waals surface area contributed by atoms with Gasteiger partial charge >= 0.3 is 5.69 Å². The van der Waals surface area contributed by atoms with Crippen molar-refractivity contribution in [2.45, 2.75) is 0 Å². The fourth-order valence-electron chi connectivity index (χ4n) is 0.411. The molecule has 5 heteroatoms. The van der Waals surface area contributed by atoms with E-state index in [4.69, 9.17) is 11.5 Å². The van der Waals surface area contributed by atoms with Crippen molar-refractivity contribution in [3.63, 3.8) is 0 Å². The topological polar surface area (TPSA) is 101 Å². The van der Waals surface area contributed by atoms with Gasteiger partial charge in [0.15, 0.2) is 0 Å². The van der Waals surface area contributed by atoms with Crippen LogP contribution in [0, 0.1) is 0 Å². The number of nitrogens with two attached hydrogens (primary N) is 2. The molecule has 1 aromatic rings. The first-order valence-corrected chi connectivity index (χ1v) is 2.03. The predicted molar refractivity (Wildman–Crippen MR) is 30.2 cm³/mol. The monoisotopic (exact) mass is 114 g/mol. The van der Waals surface area contributed by atoms with Crippen LogP contribution in [0.25, 0.3) is 0 Å². The van der Waals surface area contributed by atoms with E-state index in [-0.39, 0.29) is 17.3 Å². The number of H-pyrrole nitrogens is 2. The maximum Gasteiger partial charge on any atom is 0.326 e. The molecule has 0 bridgehead atoms. The highest BCUT2D eigenvalue weighted by Crippen LogP contribution is 1.99. The molecule has 0 spiro atoms. The Morgan fingerprint density at radius 1 is 1.12 bits per heavy atom. The van der Waals surface area contributed by atoms with E-state index >= 15 is 0 Å². The van der Waals surface area contributed by atoms with Crippen LogP contribution in [0.3, 0.4) is 0 Å². The lowest BCUT2D eigenvalue weighted by Crippen LogP contribution is -2.01. The average Bonchev–Trinajstić information content (AvgIpc) is 1.85. The second-order valence-electron chi connectivity index (χ2n) is 1.41. The minimum absolute atomic E-state index is 0.190. The molecule has 0 radical (unpaired) electrons. The summed E-state index contributed by atoms with van der Waals surface area (Å²) in [5, 5.41) is 0. The fraction of sp³-hybridized carbons (Fsp3) is 0. The Balaban J connectivity index is 3.35. The van der Waals surface area contributed by atoms with E-state index in [0.717, 1.165) is 0 Å². The summed E-state index contributed by atoms with van der Waals surface area (Å²) in [5.74, 6) is 0.380. The van der Waals surface area contributed by atoms with Gasteiger partial charge in [0.05, 0.1) is 0 Å². The molecule has 0 aliphatic heterocycles. The minimum Gasteiger partial charge on any atom is -0.382 e. The molecule has 0 unspecified atom stereocenters. The van der Waals surface area contributed by atoms with Gasteiger partial charge in [0, 0.05) is 0 Å². The maximum atomic E-state index is 10.2. The van der Waals surface area contributed by atoms with Gasteiger partial charge in [0.25, 0.3) is 0 Å². The van der Waals surface area contributed by atoms with Crippen LogP contribution in [0.5, 0.6) is 0 Å². The van der Waals surface area contributed by atoms with E-state index < -0.39 is 0 Å². The Morgan fingerprint density at radius 2 is 1.50 bits per heavy atom. The van der Waals surface area contributed by atoms with Crippen LogP contribution < -0.4 is 17.2 Å². The third kappa shape index (κ3) is 0.534. The van der Waals surface area contributed by atoms with Crippen molar-refractivity contribution in [1.29, 1.82) is 0 Å². The molecule has 0 aromatic carbocycles. The molecule has 5 nitrogen and oxygen atoms in total. The SMILES string of the molecule is Nc1[nH]c(=O)[nH]c1N. The molecule has 0 aliphatic rings. The van der Waals surface area contributed by atoms with Crippen molar-refractivity contribution in [1.82, 2.24) is 9.97 Å². The van der Waals surface area contributed by atoms with Crippen LogP contribution in [0.4, 0.5) is 11.6 Å². The largest absolute Gasteiger partial charge is 0.382 e. The highest BCUT2D eigenvalue weighted by molar-refractivity contribution is 5.51. The van der Waals surface area contributed by atoms with Crippen molar-refractivity contribution in [3.8, 4) is 0 Å². The molecule has 44 valence electrons. The second kappa shape index (κ2) is 1.29. The number of hydrogen-bond donors (Lipinski definition) is 4. The number of hydrogen-bond acceptors (Lipinski definition) is 3. The van der Waals surface area contributed by atoms with E-state index in [2.05, 4.69) is 9.97 Å². The Bertz CT molecular complexity index is 211. The van der Waals surface area contributed by atoms with Crippen molar-refractivity contribution >= 4 is 11.6 Å². The molecular formula is C3H6N4O. The average molecular weight is 114 g/mol. The number of aromatic amines is 2. The molecule has 1 aromatic heterocycles. The van der Waals surface area contributed by atoms with E-state index in [0.29, 0.717) is 0 Å². The molecule has 0 amide bonds. The zero-order valence-electron chi connectivity index (χ0n) is 4.06. The van der Waals surface area contributed by atoms with Gasteiger partial charge in [-0.25, -0.2) is 4.79 Å². The molecule has 0 fully saturated rings. The number of nitrogens with one attached hydrogen (secondary N) is 2. The molecule has 8 heavy (non-hydrogen) atoms. The van der Waals surface area contributed by atoms with Gasteiger partial charge in [-0.15, -0.1) is 0 Å². The second-order valence-corrected chi connectivity index (χ2v) is 1.41. The minimum atomic E-state index is -0.375. The standard InChI is InChI=1S/C3H6N4O/c4-1-2(5)7-3(8)6-1/h4-5H2,(H2,6,7,8). The van der Waals surface area contributed by atoms with Gasteiger partial charge in [0.1, 0.15) is 11.6 Å². The van der Waals surface area contributed by atoms with Crippen molar-refractivity contribution in [2.75, 3.05) is 11.5 Å². The van der Waals surface area contributed by atoms with Gasteiger partial charge in [-0.3, -0.25) is 9.97 Å². The number of rotatable bonds is 0. The van der Waals surface area contributed by atoms with E-state index in [1.54, 1.807) is 0 Å². The summed E-state index contributed by atoms with van der Waals surface area (Å²) in [6.45, 7) is 0. The third-order valence-electron chi connectivity index (χ3n) is 0.787. The van der Waals surface area contributed by atoms with Gasteiger partial charge in [-0.2, -0.15) is 0 Å². The van der Waals surface area contributed by atoms with Crippen molar-refractivity contribution in [3.05, 3.63) is 10.5 Å². The van der Waals surface area contributed by atoms with Gasteiger partial charge < -0.3 is 11.5 Å². The molecule has 0 atom stereocenters. The Kier molecular flexibility index (Phi) is 0.768. The normalized spacial score (nSPS) is 9.50. The lowest BCUT2D eigenvalue weighted by atomic mass is 10.7. The lowest BCUT2D eigenvalue weighted by molar-refractivity contribution is 1.19. The third-order valence-corrected chi connectivity index (χ3v) is 0.787. The van der Waals surface area contributed by atoms with Gasteiger partial charge in [-0.1, -0.05) is 0 Å². The summed E-state index contributed by atoms with van der Waals surface area (Å²) in [6, 6.07) is 0. The molecule has 6 N–H and O–H groups in total. The summed E-state index contributed by atoms with van der Waals surface area (Å²) in [7, 11) is 0. The van der Waals surface area contributed by atoms with Gasteiger partial charge in [0.2, 0.25) is 0 Å². The summed E-state index contributed by atoms with van der Waals surface area (Å²) < 4.78 is 0. The van der Waals surface area contributed by atoms with E-state index in [1.165, 1.54) is 0 Å². The van der Waals surface area contributed by atoms with Crippen LogP contribution in [-0.4, -0.2) is 9.97 Å². The molecule has 0 aliphatic carbocycles. The van der Waals surface area contributed by atoms with Crippen molar-refractivity contribution in [2.24, 2.45) is 0 Å². The van der Waals surface area contributed by atoms with Crippen molar-refractivity contribution < 1.29 is 0 Å². The first-order chi connectivity index (χ1) is 3.70. The molecule has 1 heterocycles. The van der Waals surface area contributed by atoms with Crippen LogP contribution in [-0.2, 0) is 0 Å². The lowest BCUT2D eigenvalue weighted by Gasteiger charge is -1.81. The molecule has 1 rings (SSSR count). The summed E-state index contributed by atoms with van der Waals surface area (Å²) in [6.07, 6.45) is 0. The van der Waals surface area contributed by atoms with Crippen LogP contribution in [0.2, 0.25) is 0 Å².